The number of thiazole rings is 1. The Morgan fingerprint density at radius 3 is 3.00 bits per heavy atom. The molecule has 0 bridgehead atoms. The molecule has 0 aliphatic rings. The normalized spacial score (nSPS) is 9.69. The number of anilines is 1. The summed E-state index contributed by atoms with van der Waals surface area (Å²) in [7, 11) is 1.61. The van der Waals surface area contributed by atoms with E-state index in [9.17, 15) is 4.79 Å². The standard InChI is InChI=1S/C8H13N3OS/c1-3-6-5-13-8(11-6)10-4-7(12)9-2/h5H,3-4H2,1-2H3,(H,9,12)(H,10,11). The molecule has 2 N–H and O–H groups in total. The highest BCUT2D eigenvalue weighted by molar-refractivity contribution is 7.13. The molecule has 1 rings (SSSR count). The quantitative estimate of drug-likeness (QED) is 0.756. The van der Waals surface area contributed by atoms with Crippen molar-refractivity contribution in [1.82, 2.24) is 10.3 Å². The zero-order chi connectivity index (χ0) is 9.68. The van der Waals surface area contributed by atoms with E-state index in [-0.39, 0.29) is 12.5 Å². The van der Waals surface area contributed by atoms with Crippen LogP contribution in [0, 0.1) is 0 Å². The van der Waals surface area contributed by atoms with Gasteiger partial charge in [0, 0.05) is 12.4 Å². The zero-order valence-corrected chi connectivity index (χ0v) is 8.57. The van der Waals surface area contributed by atoms with Gasteiger partial charge >= 0.3 is 0 Å². The van der Waals surface area contributed by atoms with Crippen LogP contribution in [-0.2, 0) is 11.2 Å². The van der Waals surface area contributed by atoms with Crippen molar-refractivity contribution >= 4 is 22.4 Å². The van der Waals surface area contributed by atoms with Gasteiger partial charge in [0.05, 0.1) is 12.2 Å². The van der Waals surface area contributed by atoms with Crippen molar-refractivity contribution in [2.24, 2.45) is 0 Å². The second-order valence-corrected chi connectivity index (χ2v) is 3.38. The SMILES string of the molecule is CCc1csc(NCC(=O)NC)n1. The molecule has 0 fully saturated rings. The van der Waals surface area contributed by atoms with Gasteiger partial charge in [0.25, 0.3) is 0 Å². The molecular formula is C8H13N3OS. The lowest BCUT2D eigenvalue weighted by molar-refractivity contribution is -0.118. The molecule has 0 unspecified atom stereocenters. The van der Waals surface area contributed by atoms with Gasteiger partial charge in [0.15, 0.2) is 5.13 Å². The fraction of sp³-hybridized carbons (Fsp3) is 0.500. The first-order valence-corrected chi connectivity index (χ1v) is 5.03. The van der Waals surface area contributed by atoms with Gasteiger partial charge in [-0.15, -0.1) is 11.3 Å². The number of hydrogen-bond acceptors (Lipinski definition) is 4. The number of carbonyl (C=O) groups is 1. The van der Waals surface area contributed by atoms with Crippen LogP contribution in [0.1, 0.15) is 12.6 Å². The summed E-state index contributed by atoms with van der Waals surface area (Å²) in [5.41, 5.74) is 1.06. The first-order valence-electron chi connectivity index (χ1n) is 4.15. The number of rotatable bonds is 4. The molecule has 72 valence electrons. The first-order chi connectivity index (χ1) is 6.26. The van der Waals surface area contributed by atoms with E-state index in [1.54, 1.807) is 7.05 Å². The van der Waals surface area contributed by atoms with Crippen LogP contribution in [0.3, 0.4) is 0 Å². The van der Waals surface area contributed by atoms with E-state index in [2.05, 4.69) is 22.5 Å². The van der Waals surface area contributed by atoms with Crippen molar-refractivity contribution < 1.29 is 4.79 Å². The van der Waals surface area contributed by atoms with E-state index in [0.717, 1.165) is 17.2 Å². The summed E-state index contributed by atoms with van der Waals surface area (Å²) in [6, 6.07) is 0. The highest BCUT2D eigenvalue weighted by Crippen LogP contribution is 2.14. The summed E-state index contributed by atoms with van der Waals surface area (Å²) in [6.45, 7) is 2.34. The Morgan fingerprint density at radius 2 is 2.46 bits per heavy atom. The number of aromatic nitrogens is 1. The topological polar surface area (TPSA) is 54.0 Å². The highest BCUT2D eigenvalue weighted by Gasteiger charge is 2.01. The van der Waals surface area contributed by atoms with Crippen molar-refractivity contribution in [3.63, 3.8) is 0 Å². The minimum absolute atomic E-state index is 0.0340. The van der Waals surface area contributed by atoms with Crippen LogP contribution in [0.15, 0.2) is 5.38 Å². The van der Waals surface area contributed by atoms with Gasteiger partial charge in [-0.3, -0.25) is 4.79 Å². The van der Waals surface area contributed by atoms with Gasteiger partial charge in [0.1, 0.15) is 0 Å². The maximum absolute atomic E-state index is 10.9. The summed E-state index contributed by atoms with van der Waals surface area (Å²) in [5.74, 6) is -0.0340. The van der Waals surface area contributed by atoms with E-state index in [4.69, 9.17) is 0 Å². The largest absolute Gasteiger partial charge is 0.358 e. The second-order valence-electron chi connectivity index (χ2n) is 2.52. The van der Waals surface area contributed by atoms with Crippen LogP contribution in [0.4, 0.5) is 5.13 Å². The number of hydrogen-bond donors (Lipinski definition) is 2. The van der Waals surface area contributed by atoms with Gasteiger partial charge in [-0.1, -0.05) is 6.92 Å². The third-order valence-corrected chi connectivity index (χ3v) is 2.44. The van der Waals surface area contributed by atoms with E-state index < -0.39 is 0 Å². The first kappa shape index (κ1) is 9.98. The lowest BCUT2D eigenvalue weighted by atomic mass is 10.4. The number of carbonyl (C=O) groups excluding carboxylic acids is 1. The van der Waals surface area contributed by atoms with E-state index in [1.807, 2.05) is 5.38 Å². The van der Waals surface area contributed by atoms with Crippen LogP contribution < -0.4 is 10.6 Å². The monoisotopic (exact) mass is 199 g/mol. The molecule has 1 aromatic rings. The third-order valence-electron chi connectivity index (χ3n) is 1.59. The Bertz CT molecular complexity index is 285. The average Bonchev–Trinajstić information content (AvgIpc) is 2.61. The number of nitrogens with one attached hydrogen (secondary N) is 2. The predicted molar refractivity (Wildman–Crippen MR) is 54.0 cm³/mol. The Kier molecular flexibility index (Phi) is 3.70. The molecule has 1 aromatic heterocycles. The van der Waals surface area contributed by atoms with Gasteiger partial charge < -0.3 is 10.6 Å². The summed E-state index contributed by atoms with van der Waals surface area (Å²) in [4.78, 5) is 15.1. The van der Waals surface area contributed by atoms with Crippen LogP contribution in [0.5, 0.6) is 0 Å². The van der Waals surface area contributed by atoms with Gasteiger partial charge in [-0.05, 0) is 6.42 Å². The van der Waals surface area contributed by atoms with E-state index in [0.29, 0.717) is 0 Å². The molecule has 13 heavy (non-hydrogen) atoms. The molecule has 0 saturated heterocycles. The number of likely N-dealkylation sites (N-methyl/N-ethyl adjacent to an activating group) is 1. The van der Waals surface area contributed by atoms with Crippen LogP contribution in [0.2, 0.25) is 0 Å². The summed E-state index contributed by atoms with van der Waals surface area (Å²) >= 11 is 1.52. The molecule has 0 aromatic carbocycles. The zero-order valence-electron chi connectivity index (χ0n) is 7.76. The molecule has 0 aliphatic heterocycles. The van der Waals surface area contributed by atoms with Gasteiger partial charge in [-0.25, -0.2) is 4.98 Å². The molecule has 0 aliphatic carbocycles. The highest BCUT2D eigenvalue weighted by atomic mass is 32.1. The fourth-order valence-electron chi connectivity index (χ4n) is 0.795. The average molecular weight is 199 g/mol. The molecule has 0 radical (unpaired) electrons. The number of aryl methyl sites for hydroxylation is 1. The summed E-state index contributed by atoms with van der Waals surface area (Å²) in [5, 5.41) is 8.28. The van der Waals surface area contributed by atoms with Crippen molar-refractivity contribution in [1.29, 1.82) is 0 Å². The van der Waals surface area contributed by atoms with E-state index in [1.165, 1.54) is 11.3 Å². The lowest BCUT2D eigenvalue weighted by Gasteiger charge is -1.99. The minimum atomic E-state index is -0.0340. The predicted octanol–water partition coefficient (Wildman–Crippen LogP) is 0.863. The van der Waals surface area contributed by atoms with Crippen LogP contribution >= 0.6 is 11.3 Å². The van der Waals surface area contributed by atoms with Crippen LogP contribution in [-0.4, -0.2) is 24.5 Å². The van der Waals surface area contributed by atoms with Gasteiger partial charge in [-0.2, -0.15) is 0 Å². The fourth-order valence-corrected chi connectivity index (χ4v) is 1.59. The molecule has 1 heterocycles. The smallest absolute Gasteiger partial charge is 0.239 e. The Balaban J connectivity index is 2.41. The Labute approximate surface area is 81.4 Å². The molecule has 1 amide bonds. The molecule has 0 spiro atoms. The molecule has 4 nitrogen and oxygen atoms in total. The summed E-state index contributed by atoms with van der Waals surface area (Å²) in [6.07, 6.45) is 0.929. The van der Waals surface area contributed by atoms with Crippen molar-refractivity contribution in [2.75, 3.05) is 18.9 Å². The molecule has 0 atom stereocenters. The third kappa shape index (κ3) is 3.02. The molecule has 5 heteroatoms. The van der Waals surface area contributed by atoms with E-state index >= 15 is 0 Å². The Morgan fingerprint density at radius 1 is 1.69 bits per heavy atom. The maximum Gasteiger partial charge on any atom is 0.239 e. The molecule has 0 saturated carbocycles. The Hall–Kier alpha value is -1.10. The van der Waals surface area contributed by atoms with Gasteiger partial charge in [0.2, 0.25) is 5.91 Å². The maximum atomic E-state index is 10.9. The lowest BCUT2D eigenvalue weighted by Crippen LogP contribution is -2.26. The molecular weight excluding hydrogens is 186 g/mol. The van der Waals surface area contributed by atoms with Crippen molar-refractivity contribution in [3.05, 3.63) is 11.1 Å². The number of amides is 1. The number of nitrogens with zero attached hydrogens (tertiary/aromatic N) is 1. The van der Waals surface area contributed by atoms with Crippen molar-refractivity contribution in [3.8, 4) is 0 Å². The van der Waals surface area contributed by atoms with Crippen LogP contribution in [0.25, 0.3) is 0 Å². The minimum Gasteiger partial charge on any atom is -0.358 e. The summed E-state index contributed by atoms with van der Waals surface area (Å²) < 4.78 is 0. The van der Waals surface area contributed by atoms with Crippen molar-refractivity contribution in [2.45, 2.75) is 13.3 Å². The second kappa shape index (κ2) is 4.81.